The standard InChI is InChI=1S/C20H21N9O/c1-22-12-20(6-14(7-20)30-3)29-10-15(19(21)26-29)18-17-4-5-23-28(17)11-16(25-18)13-8-24-27(2)9-13/h4-5,8-11,14H,6-7,12H2,2-3H3,(H2,21,26). The summed E-state index contributed by atoms with van der Waals surface area (Å²) < 4.78 is 10.8. The minimum Gasteiger partial charge on any atom is -0.382 e. The third kappa shape index (κ3) is 2.74. The zero-order valence-corrected chi connectivity index (χ0v) is 16.7. The zero-order chi connectivity index (χ0) is 20.9. The quantitative estimate of drug-likeness (QED) is 0.511. The van der Waals surface area contributed by atoms with Crippen LogP contribution in [-0.2, 0) is 17.3 Å². The van der Waals surface area contributed by atoms with Crippen LogP contribution in [0.15, 0.2) is 37.1 Å². The van der Waals surface area contributed by atoms with Crippen molar-refractivity contribution >= 4 is 11.3 Å². The molecule has 152 valence electrons. The molecule has 10 heteroatoms. The topological polar surface area (TPSA) is 105 Å². The zero-order valence-electron chi connectivity index (χ0n) is 16.7. The molecule has 5 rings (SSSR count). The number of anilines is 1. The number of methoxy groups -OCH3 is 1. The van der Waals surface area contributed by atoms with E-state index in [1.54, 1.807) is 28.7 Å². The van der Waals surface area contributed by atoms with Crippen LogP contribution in [0.5, 0.6) is 0 Å². The van der Waals surface area contributed by atoms with Crippen LogP contribution in [0.4, 0.5) is 5.82 Å². The van der Waals surface area contributed by atoms with Gasteiger partial charge in [-0.2, -0.15) is 15.3 Å². The molecule has 4 aromatic rings. The largest absolute Gasteiger partial charge is 0.382 e. The Morgan fingerprint density at radius 2 is 2.13 bits per heavy atom. The number of hydrogen-bond donors (Lipinski definition) is 1. The van der Waals surface area contributed by atoms with E-state index in [0.717, 1.165) is 35.2 Å². The molecule has 1 aliphatic rings. The van der Waals surface area contributed by atoms with Gasteiger partial charge < -0.3 is 15.3 Å². The van der Waals surface area contributed by atoms with Crippen LogP contribution in [0.1, 0.15) is 12.8 Å². The van der Waals surface area contributed by atoms with Crippen LogP contribution in [0.25, 0.3) is 32.9 Å². The molecule has 0 bridgehead atoms. The van der Waals surface area contributed by atoms with Gasteiger partial charge >= 0.3 is 0 Å². The number of hydrogen-bond acceptors (Lipinski definition) is 6. The summed E-state index contributed by atoms with van der Waals surface area (Å²) in [6.07, 6.45) is 10.8. The molecule has 2 N–H and O–H groups in total. The van der Waals surface area contributed by atoms with Crippen molar-refractivity contribution < 1.29 is 4.74 Å². The maximum absolute atomic E-state index is 7.38. The fourth-order valence-electron chi connectivity index (χ4n) is 4.12. The molecule has 0 aromatic carbocycles. The van der Waals surface area contributed by atoms with E-state index in [2.05, 4.69) is 20.1 Å². The molecule has 10 nitrogen and oxygen atoms in total. The van der Waals surface area contributed by atoms with Crippen molar-refractivity contribution in [2.45, 2.75) is 24.5 Å². The molecule has 1 fully saturated rings. The Balaban J connectivity index is 1.63. The number of nitrogens with zero attached hydrogens (tertiary/aromatic N) is 8. The Kier molecular flexibility index (Phi) is 4.08. The highest BCUT2D eigenvalue weighted by Crippen LogP contribution is 2.43. The van der Waals surface area contributed by atoms with E-state index in [1.165, 1.54) is 0 Å². The molecule has 0 atom stereocenters. The summed E-state index contributed by atoms with van der Waals surface area (Å²) >= 11 is 0. The fourth-order valence-corrected chi connectivity index (χ4v) is 4.12. The molecule has 0 aliphatic heterocycles. The lowest BCUT2D eigenvalue weighted by atomic mass is 9.74. The van der Waals surface area contributed by atoms with Gasteiger partial charge in [-0.1, -0.05) is 0 Å². The van der Waals surface area contributed by atoms with E-state index < -0.39 is 5.54 Å². The van der Waals surface area contributed by atoms with E-state index >= 15 is 0 Å². The van der Waals surface area contributed by atoms with E-state index in [0.29, 0.717) is 18.1 Å². The third-order valence-electron chi connectivity index (χ3n) is 5.80. The lowest BCUT2D eigenvalue weighted by Gasteiger charge is -2.43. The van der Waals surface area contributed by atoms with E-state index in [4.69, 9.17) is 22.0 Å². The van der Waals surface area contributed by atoms with Gasteiger partial charge in [0.25, 0.3) is 0 Å². The number of rotatable bonds is 5. The first-order chi connectivity index (χ1) is 14.5. The Morgan fingerprint density at radius 1 is 1.30 bits per heavy atom. The molecule has 4 aromatic heterocycles. The van der Waals surface area contributed by atoms with Crippen LogP contribution in [0.2, 0.25) is 0 Å². The molecule has 0 amide bonds. The van der Waals surface area contributed by atoms with Crippen molar-refractivity contribution in [1.82, 2.24) is 34.2 Å². The van der Waals surface area contributed by atoms with Crippen molar-refractivity contribution in [3.63, 3.8) is 0 Å². The van der Waals surface area contributed by atoms with Gasteiger partial charge in [-0.25, -0.2) is 16.1 Å². The van der Waals surface area contributed by atoms with Crippen molar-refractivity contribution in [2.24, 2.45) is 7.05 Å². The summed E-state index contributed by atoms with van der Waals surface area (Å²) in [7, 11) is 3.56. The second-order valence-electron chi connectivity index (χ2n) is 7.72. The number of aromatic nitrogens is 7. The van der Waals surface area contributed by atoms with Gasteiger partial charge in [0.1, 0.15) is 11.2 Å². The number of ether oxygens (including phenoxy) is 1. The number of fused-ring (bicyclic) bond motifs is 1. The van der Waals surface area contributed by atoms with Crippen molar-refractivity contribution in [1.29, 1.82) is 0 Å². The van der Waals surface area contributed by atoms with Gasteiger partial charge in [0.05, 0.1) is 41.5 Å². The molecule has 1 aliphatic carbocycles. The predicted molar refractivity (Wildman–Crippen MR) is 110 cm³/mol. The smallest absolute Gasteiger partial charge is 0.239 e. The first-order valence-electron chi connectivity index (χ1n) is 9.58. The fraction of sp³-hybridized carbons (Fsp3) is 0.350. The molecule has 1 saturated carbocycles. The average Bonchev–Trinajstić information content (AvgIpc) is 3.43. The monoisotopic (exact) mass is 403 g/mol. The minimum atomic E-state index is -0.397. The van der Waals surface area contributed by atoms with Gasteiger partial charge in [0.15, 0.2) is 5.82 Å². The Hall–Kier alpha value is -3.71. The minimum absolute atomic E-state index is 0.134. The molecule has 0 saturated heterocycles. The van der Waals surface area contributed by atoms with Crippen LogP contribution in [0, 0.1) is 6.57 Å². The normalized spacial score (nSPS) is 20.9. The second kappa shape index (κ2) is 6.67. The maximum atomic E-state index is 7.38. The van der Waals surface area contributed by atoms with Gasteiger partial charge in [-0.05, 0) is 6.07 Å². The first-order valence-corrected chi connectivity index (χ1v) is 9.58. The molecule has 0 radical (unpaired) electrons. The summed E-state index contributed by atoms with van der Waals surface area (Å²) in [6, 6.07) is 1.89. The lowest BCUT2D eigenvalue weighted by Crippen LogP contribution is -2.52. The summed E-state index contributed by atoms with van der Waals surface area (Å²) in [5.74, 6) is 0.374. The number of nitrogens with two attached hydrogens (primary N) is 1. The molecule has 0 unspecified atom stereocenters. The summed E-state index contributed by atoms with van der Waals surface area (Å²) in [5, 5.41) is 13.2. The molecule has 4 heterocycles. The highest BCUT2D eigenvalue weighted by molar-refractivity contribution is 5.83. The first kappa shape index (κ1) is 18.3. The summed E-state index contributed by atoms with van der Waals surface area (Å²) in [5.41, 5.74) is 9.80. The summed E-state index contributed by atoms with van der Waals surface area (Å²) in [4.78, 5) is 8.51. The van der Waals surface area contributed by atoms with Crippen LogP contribution < -0.4 is 5.73 Å². The number of aryl methyl sites for hydroxylation is 1. The van der Waals surface area contributed by atoms with Gasteiger partial charge in [0, 0.05) is 45.0 Å². The summed E-state index contributed by atoms with van der Waals surface area (Å²) in [6.45, 7) is 7.72. The van der Waals surface area contributed by atoms with Gasteiger partial charge in [-0.15, -0.1) is 0 Å². The molecular formula is C20H21N9O. The number of nitrogen functional groups attached to an aromatic ring is 1. The van der Waals surface area contributed by atoms with Crippen molar-refractivity contribution in [3.8, 4) is 22.5 Å². The highest BCUT2D eigenvalue weighted by atomic mass is 16.5. The van der Waals surface area contributed by atoms with E-state index in [9.17, 15) is 0 Å². The van der Waals surface area contributed by atoms with E-state index in [1.807, 2.05) is 36.4 Å². The Labute approximate surface area is 172 Å². The molecule has 30 heavy (non-hydrogen) atoms. The van der Waals surface area contributed by atoms with Crippen LogP contribution in [-0.4, -0.2) is 53.9 Å². The van der Waals surface area contributed by atoms with Gasteiger partial charge in [0.2, 0.25) is 6.54 Å². The Bertz CT molecular complexity index is 1270. The molecule has 0 spiro atoms. The van der Waals surface area contributed by atoms with E-state index in [-0.39, 0.29) is 6.10 Å². The predicted octanol–water partition coefficient (Wildman–Crippen LogP) is 2.00. The highest BCUT2D eigenvalue weighted by Gasteiger charge is 2.50. The second-order valence-corrected chi connectivity index (χ2v) is 7.72. The van der Waals surface area contributed by atoms with Gasteiger partial charge in [-0.3, -0.25) is 9.36 Å². The lowest BCUT2D eigenvalue weighted by molar-refractivity contribution is -0.0481. The van der Waals surface area contributed by atoms with Crippen LogP contribution >= 0.6 is 0 Å². The molecular weight excluding hydrogens is 382 g/mol. The van der Waals surface area contributed by atoms with Crippen molar-refractivity contribution in [2.75, 3.05) is 19.4 Å². The SMILES string of the molecule is [C-]#[N+]CC1(n2cc(-c3nc(-c4cnn(C)c4)cn4nccc34)c(N)n2)CC(OC)C1. The maximum Gasteiger partial charge on any atom is 0.239 e. The average molecular weight is 403 g/mol. The van der Waals surface area contributed by atoms with Crippen LogP contribution in [0.3, 0.4) is 0 Å². The Morgan fingerprint density at radius 3 is 2.83 bits per heavy atom. The third-order valence-corrected chi connectivity index (χ3v) is 5.80. The van der Waals surface area contributed by atoms with Crippen molar-refractivity contribution in [3.05, 3.63) is 48.5 Å².